The summed E-state index contributed by atoms with van der Waals surface area (Å²) in [5, 5.41) is 19.0. The molecule has 0 aromatic heterocycles. The third-order valence-electron chi connectivity index (χ3n) is 4.14. The molecule has 0 radical (unpaired) electrons. The maximum Gasteiger partial charge on any atom is 0.0992 e. The molecule has 0 spiro atoms. The van der Waals surface area contributed by atoms with Crippen LogP contribution >= 0.6 is 0 Å². The van der Waals surface area contributed by atoms with Crippen molar-refractivity contribution in [1.82, 2.24) is 4.90 Å². The summed E-state index contributed by atoms with van der Waals surface area (Å²) in [7, 11) is 4.20. The van der Waals surface area contributed by atoms with Gasteiger partial charge in [-0.2, -0.15) is 5.26 Å². The minimum atomic E-state index is -0.526. The Kier molecular flexibility index (Phi) is 4.64. The number of hydrogen-bond donors (Lipinski definition) is 1. The minimum absolute atomic E-state index is 0.431. The van der Waals surface area contributed by atoms with Crippen LogP contribution in [0.5, 0.6) is 0 Å². The molecule has 1 aliphatic heterocycles. The van der Waals surface area contributed by atoms with Gasteiger partial charge in [-0.05, 0) is 45.5 Å². The number of hydrogen-bond acceptors (Lipinski definition) is 4. The second kappa shape index (κ2) is 6.25. The van der Waals surface area contributed by atoms with E-state index in [1.165, 1.54) is 6.42 Å². The van der Waals surface area contributed by atoms with Crippen LogP contribution in [-0.4, -0.2) is 43.2 Å². The van der Waals surface area contributed by atoms with E-state index in [1.54, 1.807) is 13.0 Å². The number of nitriles is 1. The molecule has 0 amide bonds. The van der Waals surface area contributed by atoms with Crippen LogP contribution in [0.15, 0.2) is 18.2 Å². The van der Waals surface area contributed by atoms with E-state index >= 15 is 0 Å². The Balaban J connectivity index is 2.31. The van der Waals surface area contributed by atoms with E-state index in [0.29, 0.717) is 11.6 Å². The summed E-state index contributed by atoms with van der Waals surface area (Å²) in [6, 6.07) is 8.13. The fraction of sp³-hybridized carbons (Fsp3) is 0.562. The number of piperidine rings is 1. The summed E-state index contributed by atoms with van der Waals surface area (Å²) in [6.45, 7) is 3.93. The highest BCUT2D eigenvalue weighted by molar-refractivity contribution is 5.58. The first-order valence-electron chi connectivity index (χ1n) is 7.16. The van der Waals surface area contributed by atoms with Crippen molar-refractivity contribution in [3.05, 3.63) is 29.3 Å². The highest BCUT2D eigenvalue weighted by atomic mass is 16.3. The number of rotatable bonds is 3. The molecule has 1 aliphatic rings. The second-order valence-electron chi connectivity index (χ2n) is 5.73. The first-order valence-corrected chi connectivity index (χ1v) is 7.16. The largest absolute Gasteiger partial charge is 0.389 e. The Hall–Kier alpha value is -1.57. The van der Waals surface area contributed by atoms with Crippen LogP contribution < -0.4 is 4.90 Å². The molecule has 2 atom stereocenters. The number of benzene rings is 1. The zero-order valence-corrected chi connectivity index (χ0v) is 12.5. The molecule has 1 fully saturated rings. The number of likely N-dealkylation sites (tertiary alicyclic amines) is 1. The van der Waals surface area contributed by atoms with Gasteiger partial charge in [-0.15, -0.1) is 0 Å². The third kappa shape index (κ3) is 3.12. The summed E-state index contributed by atoms with van der Waals surface area (Å²) in [5.74, 6) is 0. The van der Waals surface area contributed by atoms with Crippen LogP contribution in [0.3, 0.4) is 0 Å². The van der Waals surface area contributed by atoms with Gasteiger partial charge < -0.3 is 14.9 Å². The van der Waals surface area contributed by atoms with Gasteiger partial charge in [-0.3, -0.25) is 0 Å². The molecule has 0 bridgehead atoms. The first kappa shape index (κ1) is 14.8. The molecule has 0 saturated carbocycles. The van der Waals surface area contributed by atoms with Crippen molar-refractivity contribution < 1.29 is 5.11 Å². The summed E-state index contributed by atoms with van der Waals surface area (Å²) >= 11 is 0. The molecule has 4 heteroatoms. The summed E-state index contributed by atoms with van der Waals surface area (Å²) in [5.41, 5.74) is 2.50. The standard InChI is InChI=1S/C16H23N3O/c1-12(20)15-7-6-13(10-17)9-16(15)19(3)14-5-4-8-18(2)11-14/h6-7,9,12,14,20H,4-5,8,11H2,1-3H3/t12-,14?/m1/s1. The van der Waals surface area contributed by atoms with E-state index < -0.39 is 6.10 Å². The van der Waals surface area contributed by atoms with Crippen molar-refractivity contribution in [2.45, 2.75) is 31.9 Å². The van der Waals surface area contributed by atoms with Gasteiger partial charge in [-0.25, -0.2) is 0 Å². The fourth-order valence-electron chi connectivity index (χ4n) is 2.92. The van der Waals surface area contributed by atoms with Crippen LogP contribution in [0.4, 0.5) is 5.69 Å². The lowest BCUT2D eigenvalue weighted by Crippen LogP contribution is -2.45. The zero-order valence-electron chi connectivity index (χ0n) is 12.5. The van der Waals surface area contributed by atoms with Gasteiger partial charge in [0.05, 0.1) is 17.7 Å². The Morgan fingerprint density at radius 1 is 1.50 bits per heavy atom. The Morgan fingerprint density at radius 3 is 2.85 bits per heavy atom. The fourth-order valence-corrected chi connectivity index (χ4v) is 2.92. The van der Waals surface area contributed by atoms with Gasteiger partial charge >= 0.3 is 0 Å². The highest BCUT2D eigenvalue weighted by Crippen LogP contribution is 2.30. The number of likely N-dealkylation sites (N-methyl/N-ethyl adjacent to an activating group) is 2. The molecular formula is C16H23N3O. The maximum atomic E-state index is 9.95. The molecule has 1 heterocycles. The Bertz CT molecular complexity index is 507. The number of aliphatic hydroxyl groups is 1. The predicted octanol–water partition coefficient (Wildman–Crippen LogP) is 2.14. The Labute approximate surface area is 121 Å². The number of aliphatic hydroxyl groups excluding tert-OH is 1. The normalized spacial score (nSPS) is 21.2. The molecule has 20 heavy (non-hydrogen) atoms. The van der Waals surface area contributed by atoms with Crippen molar-refractivity contribution >= 4 is 5.69 Å². The van der Waals surface area contributed by atoms with Crippen LogP contribution in [0.25, 0.3) is 0 Å². The lowest BCUT2D eigenvalue weighted by atomic mass is 10.00. The van der Waals surface area contributed by atoms with E-state index in [9.17, 15) is 5.11 Å². The zero-order chi connectivity index (χ0) is 14.7. The molecule has 1 unspecified atom stereocenters. The van der Waals surface area contributed by atoms with Gasteiger partial charge in [0.1, 0.15) is 0 Å². The highest BCUT2D eigenvalue weighted by Gasteiger charge is 2.23. The maximum absolute atomic E-state index is 9.95. The molecule has 1 aromatic carbocycles. The monoisotopic (exact) mass is 273 g/mol. The molecule has 0 aliphatic carbocycles. The average molecular weight is 273 g/mol. The molecule has 1 aromatic rings. The van der Waals surface area contributed by atoms with Crippen LogP contribution in [0.2, 0.25) is 0 Å². The van der Waals surface area contributed by atoms with E-state index in [1.807, 2.05) is 12.1 Å². The van der Waals surface area contributed by atoms with Crippen molar-refractivity contribution in [3.63, 3.8) is 0 Å². The van der Waals surface area contributed by atoms with E-state index in [2.05, 4.69) is 30.0 Å². The smallest absolute Gasteiger partial charge is 0.0992 e. The summed E-state index contributed by atoms with van der Waals surface area (Å²) < 4.78 is 0. The molecular weight excluding hydrogens is 250 g/mol. The molecule has 1 N–H and O–H groups in total. The lowest BCUT2D eigenvalue weighted by Gasteiger charge is -2.38. The second-order valence-corrected chi connectivity index (χ2v) is 5.73. The van der Waals surface area contributed by atoms with Gasteiger partial charge in [-0.1, -0.05) is 6.07 Å². The molecule has 4 nitrogen and oxygen atoms in total. The van der Waals surface area contributed by atoms with E-state index in [4.69, 9.17) is 5.26 Å². The molecule has 2 rings (SSSR count). The number of anilines is 1. The van der Waals surface area contributed by atoms with Crippen molar-refractivity contribution in [1.29, 1.82) is 5.26 Å². The number of nitrogens with zero attached hydrogens (tertiary/aromatic N) is 3. The van der Waals surface area contributed by atoms with Crippen LogP contribution in [0.1, 0.15) is 37.0 Å². The minimum Gasteiger partial charge on any atom is -0.389 e. The Morgan fingerprint density at radius 2 is 2.25 bits per heavy atom. The molecule has 1 saturated heterocycles. The lowest BCUT2D eigenvalue weighted by molar-refractivity contribution is 0.199. The first-order chi connectivity index (χ1) is 9.52. The van der Waals surface area contributed by atoms with Crippen molar-refractivity contribution in [3.8, 4) is 6.07 Å². The SMILES string of the molecule is C[C@@H](O)c1ccc(C#N)cc1N(C)C1CCCN(C)C1. The van der Waals surface area contributed by atoms with Crippen molar-refractivity contribution in [2.24, 2.45) is 0 Å². The van der Waals surface area contributed by atoms with Gasteiger partial charge in [0.25, 0.3) is 0 Å². The van der Waals surface area contributed by atoms with Crippen LogP contribution in [0, 0.1) is 11.3 Å². The van der Waals surface area contributed by atoms with Crippen LogP contribution in [-0.2, 0) is 0 Å². The van der Waals surface area contributed by atoms with E-state index in [0.717, 1.165) is 30.8 Å². The summed E-state index contributed by atoms with van der Waals surface area (Å²) in [6.07, 6.45) is 1.81. The van der Waals surface area contributed by atoms with E-state index in [-0.39, 0.29) is 0 Å². The molecule has 108 valence electrons. The quantitative estimate of drug-likeness (QED) is 0.916. The summed E-state index contributed by atoms with van der Waals surface area (Å²) in [4.78, 5) is 4.55. The van der Waals surface area contributed by atoms with Gasteiger partial charge in [0, 0.05) is 30.9 Å². The van der Waals surface area contributed by atoms with Crippen molar-refractivity contribution in [2.75, 3.05) is 32.1 Å². The van der Waals surface area contributed by atoms with Gasteiger partial charge in [0.2, 0.25) is 0 Å². The van der Waals surface area contributed by atoms with Gasteiger partial charge in [0.15, 0.2) is 0 Å². The predicted molar refractivity (Wildman–Crippen MR) is 80.7 cm³/mol. The third-order valence-corrected chi connectivity index (χ3v) is 4.14. The topological polar surface area (TPSA) is 50.5 Å². The average Bonchev–Trinajstić information content (AvgIpc) is 2.45.